The van der Waals surface area contributed by atoms with Gasteiger partial charge in [0.1, 0.15) is 5.82 Å². The van der Waals surface area contributed by atoms with E-state index in [4.69, 9.17) is 0 Å². The minimum atomic E-state index is 0.204. The van der Waals surface area contributed by atoms with Gasteiger partial charge in [-0.1, -0.05) is 12.8 Å². The molecular weight excluding hydrogens is 226 g/mol. The second kappa shape index (κ2) is 5.85. The lowest BCUT2D eigenvalue weighted by Crippen LogP contribution is -2.28. The molecule has 1 heterocycles. The van der Waals surface area contributed by atoms with Gasteiger partial charge in [-0.2, -0.15) is 0 Å². The number of nitrogens with zero attached hydrogens (tertiary/aromatic N) is 2. The van der Waals surface area contributed by atoms with Crippen LogP contribution in [0.2, 0.25) is 0 Å². The first-order valence-corrected chi connectivity index (χ1v) is 6.57. The summed E-state index contributed by atoms with van der Waals surface area (Å²) in [6, 6.07) is 3.96. The third-order valence-electron chi connectivity index (χ3n) is 3.46. The molecule has 1 aromatic heterocycles. The van der Waals surface area contributed by atoms with E-state index in [2.05, 4.69) is 10.3 Å². The molecule has 0 spiro atoms. The fourth-order valence-electron chi connectivity index (χ4n) is 2.34. The largest absolute Gasteiger partial charge is 0.363 e. The maximum Gasteiger partial charge on any atom is 0.223 e. The van der Waals surface area contributed by atoms with Crippen molar-refractivity contribution >= 4 is 11.7 Å². The average Bonchev–Trinajstić information content (AvgIpc) is 2.90. The van der Waals surface area contributed by atoms with Crippen molar-refractivity contribution in [3.63, 3.8) is 0 Å². The summed E-state index contributed by atoms with van der Waals surface area (Å²) < 4.78 is 0. The number of carbonyl (C=O) groups is 1. The predicted molar refractivity (Wildman–Crippen MR) is 72.4 cm³/mol. The van der Waals surface area contributed by atoms with Gasteiger partial charge in [0.05, 0.1) is 0 Å². The van der Waals surface area contributed by atoms with Gasteiger partial charge in [-0.15, -0.1) is 0 Å². The molecule has 0 bridgehead atoms. The molecule has 2 rings (SSSR count). The van der Waals surface area contributed by atoms with Crippen molar-refractivity contribution in [2.45, 2.75) is 32.2 Å². The molecule has 1 aliphatic carbocycles. The van der Waals surface area contributed by atoms with E-state index in [1.807, 2.05) is 31.1 Å². The molecular formula is C14H21N3O. The van der Waals surface area contributed by atoms with Crippen LogP contribution in [0.5, 0.6) is 0 Å². The highest BCUT2D eigenvalue weighted by molar-refractivity contribution is 5.78. The molecule has 4 nitrogen and oxygen atoms in total. The molecule has 1 aliphatic rings. The van der Waals surface area contributed by atoms with Gasteiger partial charge in [0, 0.05) is 32.8 Å². The zero-order chi connectivity index (χ0) is 13.0. The molecule has 0 unspecified atom stereocenters. The van der Waals surface area contributed by atoms with Crippen LogP contribution in [-0.4, -0.2) is 25.0 Å². The first-order chi connectivity index (χ1) is 8.66. The topological polar surface area (TPSA) is 45.2 Å². The Morgan fingerprint density at radius 2 is 2.17 bits per heavy atom. The number of carbonyl (C=O) groups excluding carboxylic acids is 1. The third kappa shape index (κ3) is 3.22. The van der Waals surface area contributed by atoms with Crippen LogP contribution in [0.25, 0.3) is 0 Å². The first kappa shape index (κ1) is 12.9. The van der Waals surface area contributed by atoms with Gasteiger partial charge in [-0.3, -0.25) is 4.79 Å². The maximum absolute atomic E-state index is 11.9. The van der Waals surface area contributed by atoms with E-state index in [-0.39, 0.29) is 11.8 Å². The highest BCUT2D eigenvalue weighted by Crippen LogP contribution is 2.24. The number of rotatable bonds is 4. The Bertz CT molecular complexity index is 411. The second-order valence-corrected chi connectivity index (χ2v) is 5.12. The van der Waals surface area contributed by atoms with Crippen LogP contribution in [0, 0.1) is 5.92 Å². The van der Waals surface area contributed by atoms with Crippen molar-refractivity contribution < 1.29 is 4.79 Å². The number of aromatic nitrogens is 1. The van der Waals surface area contributed by atoms with E-state index >= 15 is 0 Å². The van der Waals surface area contributed by atoms with Crippen LogP contribution in [-0.2, 0) is 11.3 Å². The van der Waals surface area contributed by atoms with Gasteiger partial charge in [-0.25, -0.2) is 4.98 Å². The maximum atomic E-state index is 11.9. The number of hydrogen-bond donors (Lipinski definition) is 1. The Labute approximate surface area is 108 Å². The van der Waals surface area contributed by atoms with Gasteiger partial charge in [0.25, 0.3) is 0 Å². The monoisotopic (exact) mass is 247 g/mol. The Morgan fingerprint density at radius 3 is 2.83 bits per heavy atom. The fraction of sp³-hybridized carbons (Fsp3) is 0.571. The molecule has 0 saturated heterocycles. The number of pyridine rings is 1. The summed E-state index contributed by atoms with van der Waals surface area (Å²) in [5, 5.41) is 3.02. The van der Waals surface area contributed by atoms with Crippen LogP contribution in [0.1, 0.15) is 31.2 Å². The summed E-state index contributed by atoms with van der Waals surface area (Å²) >= 11 is 0. The molecule has 0 atom stereocenters. The zero-order valence-corrected chi connectivity index (χ0v) is 11.1. The molecule has 1 fully saturated rings. The van der Waals surface area contributed by atoms with Gasteiger partial charge < -0.3 is 10.2 Å². The number of hydrogen-bond acceptors (Lipinski definition) is 3. The first-order valence-electron chi connectivity index (χ1n) is 6.57. The van der Waals surface area contributed by atoms with Crippen molar-refractivity contribution in [1.29, 1.82) is 0 Å². The highest BCUT2D eigenvalue weighted by atomic mass is 16.1. The van der Waals surface area contributed by atoms with Crippen molar-refractivity contribution in [2.24, 2.45) is 5.92 Å². The van der Waals surface area contributed by atoms with E-state index in [1.54, 1.807) is 6.20 Å². The van der Waals surface area contributed by atoms with E-state index < -0.39 is 0 Å². The molecule has 0 aliphatic heterocycles. The lowest BCUT2D eigenvalue weighted by atomic mass is 10.1. The van der Waals surface area contributed by atoms with Crippen LogP contribution in [0.4, 0.5) is 5.82 Å². The summed E-state index contributed by atoms with van der Waals surface area (Å²) in [7, 11) is 3.92. The van der Waals surface area contributed by atoms with E-state index in [0.717, 1.165) is 24.2 Å². The summed E-state index contributed by atoms with van der Waals surface area (Å²) in [5.74, 6) is 1.36. The molecule has 1 amide bonds. The molecule has 4 heteroatoms. The quantitative estimate of drug-likeness (QED) is 0.884. The van der Waals surface area contributed by atoms with E-state index in [0.29, 0.717) is 6.54 Å². The molecule has 18 heavy (non-hydrogen) atoms. The normalized spacial score (nSPS) is 15.7. The predicted octanol–water partition coefficient (Wildman–Crippen LogP) is 1.95. The Balaban J connectivity index is 1.89. The lowest BCUT2D eigenvalue weighted by Gasteiger charge is -2.13. The van der Waals surface area contributed by atoms with Crippen molar-refractivity contribution in [1.82, 2.24) is 10.3 Å². The fourth-order valence-corrected chi connectivity index (χ4v) is 2.34. The van der Waals surface area contributed by atoms with Gasteiger partial charge in [0.2, 0.25) is 5.91 Å². The molecule has 1 aromatic rings. The number of nitrogens with one attached hydrogen (secondary N) is 1. The lowest BCUT2D eigenvalue weighted by molar-refractivity contribution is -0.124. The van der Waals surface area contributed by atoms with Crippen LogP contribution >= 0.6 is 0 Å². The smallest absolute Gasteiger partial charge is 0.223 e. The number of amides is 1. The summed E-state index contributed by atoms with van der Waals surface area (Å²) in [6.45, 7) is 0.596. The molecule has 98 valence electrons. The van der Waals surface area contributed by atoms with Crippen molar-refractivity contribution in [3.8, 4) is 0 Å². The Hall–Kier alpha value is -1.58. The summed E-state index contributed by atoms with van der Waals surface area (Å²) in [4.78, 5) is 18.1. The van der Waals surface area contributed by atoms with E-state index in [9.17, 15) is 4.79 Å². The molecule has 1 N–H and O–H groups in total. The van der Waals surface area contributed by atoms with Gasteiger partial charge >= 0.3 is 0 Å². The average molecular weight is 247 g/mol. The second-order valence-electron chi connectivity index (χ2n) is 5.12. The van der Waals surface area contributed by atoms with E-state index in [1.165, 1.54) is 12.8 Å². The summed E-state index contributed by atoms with van der Waals surface area (Å²) in [6.07, 6.45) is 6.26. The molecule has 0 aromatic carbocycles. The van der Waals surface area contributed by atoms with Gasteiger partial charge in [-0.05, 0) is 30.5 Å². The molecule has 0 radical (unpaired) electrons. The summed E-state index contributed by atoms with van der Waals surface area (Å²) in [5.41, 5.74) is 1.10. The van der Waals surface area contributed by atoms with Gasteiger partial charge in [0.15, 0.2) is 0 Å². The molecule has 1 saturated carbocycles. The number of anilines is 1. The van der Waals surface area contributed by atoms with Crippen LogP contribution in [0.3, 0.4) is 0 Å². The van der Waals surface area contributed by atoms with Crippen LogP contribution in [0.15, 0.2) is 18.3 Å². The van der Waals surface area contributed by atoms with Crippen LogP contribution < -0.4 is 10.2 Å². The Morgan fingerprint density at radius 1 is 1.44 bits per heavy atom. The minimum absolute atomic E-state index is 0.204. The third-order valence-corrected chi connectivity index (χ3v) is 3.46. The Kier molecular flexibility index (Phi) is 4.18. The zero-order valence-electron chi connectivity index (χ0n) is 11.1. The minimum Gasteiger partial charge on any atom is -0.363 e. The van der Waals surface area contributed by atoms with Crippen molar-refractivity contribution in [3.05, 3.63) is 23.9 Å². The standard InChI is InChI=1S/C14H21N3O/c1-17(2)13-9-11(7-8-15-13)10-16-14(18)12-5-3-4-6-12/h7-9,12H,3-6,10H2,1-2H3,(H,16,18). The van der Waals surface area contributed by atoms with Crippen molar-refractivity contribution in [2.75, 3.05) is 19.0 Å². The SMILES string of the molecule is CN(C)c1cc(CNC(=O)C2CCCC2)ccn1. The highest BCUT2D eigenvalue weighted by Gasteiger charge is 2.22.